The number of esters is 1. The molecule has 2 aliphatic rings. The normalized spacial score (nSPS) is 31.7. The molecular weight excluding hydrogens is 228 g/mol. The number of carbonyl (C=O) groups excluding carboxylic acids is 1. The lowest BCUT2D eigenvalue weighted by molar-refractivity contribution is -0.156. The van der Waals surface area contributed by atoms with Crippen molar-refractivity contribution in [2.75, 3.05) is 13.2 Å². The highest BCUT2D eigenvalue weighted by atomic mass is 16.5. The van der Waals surface area contributed by atoms with E-state index in [4.69, 9.17) is 9.47 Å². The van der Waals surface area contributed by atoms with E-state index in [0.29, 0.717) is 19.1 Å². The summed E-state index contributed by atoms with van der Waals surface area (Å²) in [4.78, 5) is 12.3. The first kappa shape index (κ1) is 11.7. The molecule has 1 aromatic rings. The quantitative estimate of drug-likeness (QED) is 0.766. The van der Waals surface area contributed by atoms with Crippen LogP contribution in [0.1, 0.15) is 43.4 Å². The van der Waals surface area contributed by atoms with Gasteiger partial charge in [-0.3, -0.25) is 4.79 Å². The molecule has 1 aromatic carbocycles. The Balaban J connectivity index is 1.98. The topological polar surface area (TPSA) is 35.5 Å². The van der Waals surface area contributed by atoms with Crippen molar-refractivity contribution in [2.24, 2.45) is 5.41 Å². The molecule has 1 fully saturated rings. The van der Waals surface area contributed by atoms with Crippen molar-refractivity contribution >= 4 is 5.97 Å². The van der Waals surface area contributed by atoms with Crippen LogP contribution in [0.2, 0.25) is 0 Å². The molecule has 1 saturated carbocycles. The van der Waals surface area contributed by atoms with Gasteiger partial charge < -0.3 is 9.47 Å². The van der Waals surface area contributed by atoms with E-state index >= 15 is 0 Å². The van der Waals surface area contributed by atoms with Crippen LogP contribution in [-0.2, 0) is 14.3 Å². The molecule has 0 bridgehead atoms. The second-order valence-corrected chi connectivity index (χ2v) is 4.98. The number of rotatable bonds is 4. The highest BCUT2D eigenvalue weighted by molar-refractivity contribution is 5.85. The maximum Gasteiger partial charge on any atom is 0.315 e. The molecule has 0 unspecified atom stereocenters. The first-order chi connectivity index (χ1) is 8.75. The van der Waals surface area contributed by atoms with E-state index in [1.807, 2.05) is 26.0 Å². The minimum absolute atomic E-state index is 0.0929. The lowest BCUT2D eigenvalue weighted by Gasteiger charge is -2.22. The summed E-state index contributed by atoms with van der Waals surface area (Å²) in [5, 5.41) is 0. The summed E-state index contributed by atoms with van der Waals surface area (Å²) in [6.45, 7) is 4.87. The molecule has 3 nitrogen and oxygen atoms in total. The zero-order valence-corrected chi connectivity index (χ0v) is 10.8. The minimum atomic E-state index is -0.435. The zero-order valence-electron chi connectivity index (χ0n) is 10.8. The second-order valence-electron chi connectivity index (χ2n) is 4.98. The fourth-order valence-corrected chi connectivity index (χ4v) is 3.30. The van der Waals surface area contributed by atoms with Crippen LogP contribution in [0.5, 0.6) is 0 Å². The molecule has 0 N–H and O–H groups in total. The first-order valence-corrected chi connectivity index (χ1v) is 6.63. The van der Waals surface area contributed by atoms with E-state index in [-0.39, 0.29) is 12.1 Å². The number of fused-ring (bicyclic) bond motifs is 3. The fourth-order valence-electron chi connectivity index (χ4n) is 3.30. The summed E-state index contributed by atoms with van der Waals surface area (Å²) < 4.78 is 11.1. The second kappa shape index (κ2) is 4.09. The number of benzene rings is 1. The molecule has 0 saturated heterocycles. The maximum atomic E-state index is 12.3. The molecule has 0 aromatic heterocycles. The standard InChI is InChI=1S/C15H18O3/c1-3-17-13-11-8-6-5-7-10(11)12-9-15(12,13)14(16)18-4-2/h5-8,12-13H,3-4,9H2,1-2H3/t12-,13+,15+/m1/s1. The van der Waals surface area contributed by atoms with Gasteiger partial charge in [-0.1, -0.05) is 24.3 Å². The SMILES string of the molecule is CCOC(=O)[C@@]12C[C@@H]1c1ccccc1[C@@H]2OCC. The number of carbonyl (C=O) groups is 1. The van der Waals surface area contributed by atoms with Gasteiger partial charge in [0.2, 0.25) is 0 Å². The van der Waals surface area contributed by atoms with Gasteiger partial charge in [-0.2, -0.15) is 0 Å². The molecule has 0 heterocycles. The van der Waals surface area contributed by atoms with Crippen molar-refractivity contribution in [2.45, 2.75) is 32.3 Å². The Kier molecular flexibility index (Phi) is 2.67. The van der Waals surface area contributed by atoms with Crippen molar-refractivity contribution in [3.05, 3.63) is 35.4 Å². The van der Waals surface area contributed by atoms with Gasteiger partial charge in [0.1, 0.15) is 5.41 Å². The Morgan fingerprint density at radius 2 is 2.00 bits per heavy atom. The lowest BCUT2D eigenvalue weighted by atomic mass is 9.97. The van der Waals surface area contributed by atoms with E-state index in [1.54, 1.807) is 0 Å². The predicted molar refractivity (Wildman–Crippen MR) is 67.2 cm³/mol. The van der Waals surface area contributed by atoms with E-state index in [2.05, 4.69) is 12.1 Å². The van der Waals surface area contributed by atoms with Crippen LogP contribution in [0.4, 0.5) is 0 Å². The van der Waals surface area contributed by atoms with Crippen LogP contribution < -0.4 is 0 Å². The summed E-state index contributed by atoms with van der Waals surface area (Å²) in [5.41, 5.74) is 2.00. The van der Waals surface area contributed by atoms with E-state index in [9.17, 15) is 4.79 Å². The van der Waals surface area contributed by atoms with Crippen molar-refractivity contribution in [3.63, 3.8) is 0 Å². The van der Waals surface area contributed by atoms with Crippen LogP contribution in [0, 0.1) is 5.41 Å². The number of hydrogen-bond acceptors (Lipinski definition) is 3. The molecule has 18 heavy (non-hydrogen) atoms. The fraction of sp³-hybridized carbons (Fsp3) is 0.533. The molecule has 0 radical (unpaired) electrons. The summed E-state index contributed by atoms with van der Waals surface area (Å²) in [6.07, 6.45) is 0.746. The van der Waals surface area contributed by atoms with Gasteiger partial charge in [0, 0.05) is 12.5 Å². The van der Waals surface area contributed by atoms with Crippen LogP contribution in [0.3, 0.4) is 0 Å². The van der Waals surface area contributed by atoms with Gasteiger partial charge >= 0.3 is 5.97 Å². The molecule has 0 aliphatic heterocycles. The Morgan fingerprint density at radius 1 is 1.28 bits per heavy atom. The summed E-state index contributed by atoms with van der Waals surface area (Å²) in [6, 6.07) is 8.22. The smallest absolute Gasteiger partial charge is 0.315 e. The van der Waals surface area contributed by atoms with Gasteiger partial charge in [0.25, 0.3) is 0 Å². The third-order valence-corrected chi connectivity index (χ3v) is 4.11. The van der Waals surface area contributed by atoms with Crippen LogP contribution in [0.15, 0.2) is 24.3 Å². The molecular formula is C15H18O3. The lowest BCUT2D eigenvalue weighted by Crippen LogP contribution is -2.26. The van der Waals surface area contributed by atoms with Crippen molar-refractivity contribution in [3.8, 4) is 0 Å². The minimum Gasteiger partial charge on any atom is -0.465 e. The Morgan fingerprint density at radius 3 is 2.67 bits per heavy atom. The van der Waals surface area contributed by atoms with Crippen LogP contribution >= 0.6 is 0 Å². The van der Waals surface area contributed by atoms with Gasteiger partial charge in [-0.15, -0.1) is 0 Å². The molecule has 3 atom stereocenters. The van der Waals surface area contributed by atoms with E-state index < -0.39 is 5.41 Å². The number of hydrogen-bond donors (Lipinski definition) is 0. The highest BCUT2D eigenvalue weighted by Crippen LogP contribution is 2.73. The third kappa shape index (κ3) is 1.37. The Labute approximate surface area is 107 Å². The van der Waals surface area contributed by atoms with E-state index in [0.717, 1.165) is 6.42 Å². The van der Waals surface area contributed by atoms with Crippen LogP contribution in [0.25, 0.3) is 0 Å². The molecule has 3 rings (SSSR count). The average Bonchev–Trinajstić information content (AvgIpc) is 3.07. The molecule has 0 amide bonds. The molecule has 2 aliphatic carbocycles. The van der Waals surface area contributed by atoms with Crippen molar-refractivity contribution in [1.82, 2.24) is 0 Å². The average molecular weight is 246 g/mol. The predicted octanol–water partition coefficient (Wildman–Crippen LogP) is 2.81. The Bertz CT molecular complexity index is 482. The third-order valence-electron chi connectivity index (χ3n) is 4.11. The number of ether oxygens (including phenoxy) is 2. The van der Waals surface area contributed by atoms with E-state index in [1.165, 1.54) is 11.1 Å². The maximum absolute atomic E-state index is 12.3. The largest absolute Gasteiger partial charge is 0.465 e. The van der Waals surface area contributed by atoms with Gasteiger partial charge in [0.05, 0.1) is 12.7 Å². The van der Waals surface area contributed by atoms with Gasteiger partial charge in [-0.25, -0.2) is 0 Å². The summed E-state index contributed by atoms with van der Waals surface area (Å²) in [7, 11) is 0. The summed E-state index contributed by atoms with van der Waals surface area (Å²) in [5.74, 6) is 0.203. The van der Waals surface area contributed by atoms with Crippen LogP contribution in [-0.4, -0.2) is 19.2 Å². The monoisotopic (exact) mass is 246 g/mol. The molecule has 3 heteroatoms. The first-order valence-electron chi connectivity index (χ1n) is 6.63. The Hall–Kier alpha value is -1.35. The summed E-state index contributed by atoms with van der Waals surface area (Å²) >= 11 is 0. The highest BCUT2D eigenvalue weighted by Gasteiger charge is 2.71. The zero-order chi connectivity index (χ0) is 12.8. The van der Waals surface area contributed by atoms with Crippen molar-refractivity contribution in [1.29, 1.82) is 0 Å². The van der Waals surface area contributed by atoms with Crippen molar-refractivity contribution < 1.29 is 14.3 Å². The van der Waals surface area contributed by atoms with Gasteiger partial charge in [0.15, 0.2) is 0 Å². The van der Waals surface area contributed by atoms with Gasteiger partial charge in [-0.05, 0) is 31.4 Å². The molecule has 96 valence electrons. The molecule has 0 spiro atoms.